The van der Waals surface area contributed by atoms with E-state index in [1.54, 1.807) is 0 Å². The molecule has 2 aromatic heterocycles. The van der Waals surface area contributed by atoms with Gasteiger partial charge in [0.05, 0.1) is 21.5 Å². The molecule has 0 saturated carbocycles. The molecule has 6 aromatic rings. The third kappa shape index (κ3) is 7.38. The molecule has 0 aliphatic rings. The number of halogens is 6. The fourth-order valence-corrected chi connectivity index (χ4v) is 4.70. The van der Waals surface area contributed by atoms with Crippen LogP contribution in [0.2, 0.25) is 0 Å². The maximum atomic E-state index is 10.7. The number of alkyl halides is 6. The van der Waals surface area contributed by atoms with Crippen LogP contribution in [0.3, 0.4) is 0 Å². The maximum Gasteiger partial charge on any atom is 0.485 e. The van der Waals surface area contributed by atoms with E-state index in [1.807, 2.05) is 0 Å². The van der Waals surface area contributed by atoms with Gasteiger partial charge in [-0.2, -0.15) is 35.5 Å². The predicted molar refractivity (Wildman–Crippen MR) is 157 cm³/mol. The summed E-state index contributed by atoms with van der Waals surface area (Å²) in [7, 11) is -7.95. The fourth-order valence-electron chi connectivity index (χ4n) is 4.70. The van der Waals surface area contributed by atoms with Gasteiger partial charge in [0.15, 0.2) is 31.7 Å². The fraction of sp³-hybridized carbons (Fsp3) is 0.133. The molecule has 0 aliphatic carbocycles. The molecular formula is C30H22F6N2O7S2. The molecule has 0 bridgehead atoms. The van der Waals surface area contributed by atoms with Gasteiger partial charge in [-0.25, -0.2) is 16.8 Å². The van der Waals surface area contributed by atoms with Crippen molar-refractivity contribution in [2.75, 3.05) is 0 Å². The monoisotopic (exact) mass is 700 g/mol. The molecule has 248 valence electrons. The first-order valence-electron chi connectivity index (χ1n) is 13.0. The topological polar surface area (TPSA) is 131 Å². The van der Waals surface area contributed by atoms with Crippen molar-refractivity contribution in [3.05, 3.63) is 97.1 Å². The Morgan fingerprint density at radius 1 is 0.489 bits per heavy atom. The van der Waals surface area contributed by atoms with E-state index in [2.05, 4.69) is 120 Å². The van der Waals surface area contributed by atoms with Crippen LogP contribution >= 0.6 is 0 Å². The molecule has 0 saturated heterocycles. The average Bonchev–Trinajstić information content (AvgIpc) is 2.99. The van der Waals surface area contributed by atoms with Crippen LogP contribution in [0.5, 0.6) is 11.5 Å². The molecule has 4 aromatic carbocycles. The van der Waals surface area contributed by atoms with Crippen molar-refractivity contribution < 1.29 is 66.2 Å². The molecule has 0 spiro atoms. The summed E-state index contributed by atoms with van der Waals surface area (Å²) < 4.78 is 129. The van der Waals surface area contributed by atoms with Gasteiger partial charge in [0.25, 0.3) is 0 Å². The van der Waals surface area contributed by atoms with Crippen LogP contribution in [0.1, 0.15) is 0 Å². The quantitative estimate of drug-likeness (QED) is 0.0729. The number of para-hydroxylation sites is 4. The number of rotatable bonds is 2. The van der Waals surface area contributed by atoms with E-state index >= 15 is 0 Å². The zero-order valence-electron chi connectivity index (χ0n) is 24.1. The van der Waals surface area contributed by atoms with Crippen molar-refractivity contribution in [3.63, 3.8) is 0 Å². The highest BCUT2D eigenvalue weighted by Crippen LogP contribution is 2.40. The standard InChI is InChI=1S/C28H22N2O.2CHF3O3S/c1-29-23-15-7-3-11-19(23)27(20-12-4-8-16-24(20)29)31-28-21-13-5-9-17-25(21)30(2)26-18-10-6-14-22(26)28;2*2-1(3,4)8(5,6)7/h3-18H,1-2H3;2*(H,5,6,7)/q+2;;/p-2. The van der Waals surface area contributed by atoms with Crippen LogP contribution in [0.15, 0.2) is 97.1 Å². The lowest BCUT2D eigenvalue weighted by Crippen LogP contribution is -2.30. The van der Waals surface area contributed by atoms with E-state index in [1.165, 1.54) is 0 Å². The molecule has 0 radical (unpaired) electrons. The summed E-state index contributed by atoms with van der Waals surface area (Å²) in [5, 5.41) is 4.41. The molecule has 6 rings (SSSR count). The van der Waals surface area contributed by atoms with Gasteiger partial charge in [0.2, 0.25) is 22.1 Å². The van der Waals surface area contributed by atoms with E-state index in [9.17, 15) is 26.3 Å². The highest BCUT2D eigenvalue weighted by Gasteiger charge is 2.37. The summed E-state index contributed by atoms with van der Waals surface area (Å²) >= 11 is 0. The number of pyridine rings is 2. The van der Waals surface area contributed by atoms with Crippen molar-refractivity contribution in [1.82, 2.24) is 0 Å². The lowest BCUT2D eigenvalue weighted by Gasteiger charge is -2.14. The second-order valence-electron chi connectivity index (χ2n) is 9.75. The first-order valence-corrected chi connectivity index (χ1v) is 15.9. The summed E-state index contributed by atoms with van der Waals surface area (Å²) in [5.74, 6) is 1.79. The van der Waals surface area contributed by atoms with E-state index in [0.717, 1.165) is 55.1 Å². The number of aryl methyl sites for hydroxylation is 2. The Balaban J connectivity index is 0.000000261. The predicted octanol–water partition coefficient (Wildman–Crippen LogP) is 5.84. The van der Waals surface area contributed by atoms with Gasteiger partial charge in [-0.05, 0) is 24.3 Å². The molecule has 2 heterocycles. The van der Waals surface area contributed by atoms with Crippen LogP contribution in [-0.4, -0.2) is 37.0 Å². The van der Waals surface area contributed by atoms with Crippen molar-refractivity contribution >= 4 is 63.8 Å². The lowest BCUT2D eigenvalue weighted by atomic mass is 10.1. The summed E-state index contributed by atoms with van der Waals surface area (Å²) in [5.41, 5.74) is -6.71. The summed E-state index contributed by atoms with van der Waals surface area (Å²) in [6.07, 6.45) is 0. The van der Waals surface area contributed by atoms with Gasteiger partial charge in [-0.3, -0.25) is 0 Å². The zero-order chi connectivity index (χ0) is 34.9. The van der Waals surface area contributed by atoms with E-state index in [-0.39, 0.29) is 0 Å². The van der Waals surface area contributed by atoms with Gasteiger partial charge in [-0.15, -0.1) is 0 Å². The Kier molecular flexibility index (Phi) is 9.68. The Morgan fingerprint density at radius 2 is 0.681 bits per heavy atom. The first-order chi connectivity index (χ1) is 21.7. The van der Waals surface area contributed by atoms with Crippen LogP contribution in [0.4, 0.5) is 26.3 Å². The molecule has 0 atom stereocenters. The van der Waals surface area contributed by atoms with Crippen molar-refractivity contribution in [2.24, 2.45) is 14.1 Å². The average molecular weight is 701 g/mol. The molecule has 47 heavy (non-hydrogen) atoms. The van der Waals surface area contributed by atoms with Crippen molar-refractivity contribution in [1.29, 1.82) is 0 Å². The molecule has 0 unspecified atom stereocenters. The Morgan fingerprint density at radius 3 is 0.872 bits per heavy atom. The van der Waals surface area contributed by atoms with Gasteiger partial charge in [-0.1, -0.05) is 48.5 Å². The number of hydrogen-bond donors (Lipinski definition) is 0. The van der Waals surface area contributed by atoms with Crippen molar-refractivity contribution in [2.45, 2.75) is 11.0 Å². The minimum Gasteiger partial charge on any atom is -0.741 e. The molecule has 9 nitrogen and oxygen atoms in total. The molecule has 0 aliphatic heterocycles. The Hall–Kier alpha value is -4.58. The van der Waals surface area contributed by atoms with E-state index in [4.69, 9.17) is 30.7 Å². The van der Waals surface area contributed by atoms with Gasteiger partial charge in [0, 0.05) is 24.3 Å². The zero-order valence-corrected chi connectivity index (χ0v) is 25.7. The van der Waals surface area contributed by atoms with Crippen LogP contribution < -0.4 is 13.9 Å². The number of benzene rings is 4. The third-order valence-corrected chi connectivity index (χ3v) is 7.95. The highest BCUT2D eigenvalue weighted by atomic mass is 32.2. The minimum atomic E-state index is -6.09. The number of hydrogen-bond acceptors (Lipinski definition) is 7. The summed E-state index contributed by atoms with van der Waals surface area (Å²) in [6.45, 7) is 0. The molecule has 17 heteroatoms. The lowest BCUT2D eigenvalue weighted by molar-refractivity contribution is -0.617. The Bertz CT molecular complexity index is 2070. The SMILES string of the molecule is C[n+]1c2ccccc2c(Oc2c3ccccc3[n+](C)c3ccccc23)c2ccccc21.O=S(=O)([O-])C(F)(F)F.O=S(=O)([O-])C(F)(F)F. The van der Waals surface area contributed by atoms with Gasteiger partial charge < -0.3 is 13.8 Å². The van der Waals surface area contributed by atoms with Crippen LogP contribution in [0.25, 0.3) is 43.6 Å². The molecule has 0 N–H and O–H groups in total. The molecule has 0 amide bonds. The number of fused-ring (bicyclic) bond motifs is 4. The second kappa shape index (κ2) is 12.9. The molecular weight excluding hydrogens is 678 g/mol. The Labute approximate surface area is 263 Å². The van der Waals surface area contributed by atoms with Crippen LogP contribution in [-0.2, 0) is 34.3 Å². The third-order valence-electron chi connectivity index (χ3n) is 6.81. The maximum absolute atomic E-state index is 10.7. The summed E-state index contributed by atoms with van der Waals surface area (Å²) in [6, 6.07) is 33.8. The van der Waals surface area contributed by atoms with E-state index in [0.29, 0.717) is 0 Å². The van der Waals surface area contributed by atoms with Crippen molar-refractivity contribution in [3.8, 4) is 11.5 Å². The van der Waals surface area contributed by atoms with Crippen LogP contribution in [0, 0.1) is 0 Å². The normalized spacial score (nSPS) is 12.4. The largest absolute Gasteiger partial charge is 0.741 e. The molecule has 0 fully saturated rings. The second-order valence-corrected chi connectivity index (χ2v) is 12.5. The number of aromatic nitrogens is 2. The van der Waals surface area contributed by atoms with Gasteiger partial charge >= 0.3 is 11.0 Å². The minimum absolute atomic E-state index is 0.897. The smallest absolute Gasteiger partial charge is 0.485 e. The number of ether oxygens (including phenoxy) is 1. The van der Waals surface area contributed by atoms with E-state index < -0.39 is 31.3 Å². The summed E-state index contributed by atoms with van der Waals surface area (Å²) in [4.78, 5) is 0. The first kappa shape index (κ1) is 35.3. The highest BCUT2D eigenvalue weighted by molar-refractivity contribution is 7.86. The van der Waals surface area contributed by atoms with Gasteiger partial charge in [0.1, 0.15) is 14.1 Å². The number of nitrogens with zero attached hydrogens (tertiary/aromatic N) is 2.